The lowest BCUT2D eigenvalue weighted by Crippen LogP contribution is -2.31. The van der Waals surface area contributed by atoms with Gasteiger partial charge in [0, 0.05) is 12.1 Å². The van der Waals surface area contributed by atoms with Crippen molar-refractivity contribution in [1.29, 1.82) is 0 Å². The monoisotopic (exact) mass is 253 g/mol. The number of hydrogen-bond donors (Lipinski definition) is 1. The highest BCUT2D eigenvalue weighted by molar-refractivity contribution is 5.72. The largest absolute Gasteiger partial charge is 0.459 e. The molecule has 0 saturated heterocycles. The fourth-order valence-electron chi connectivity index (χ4n) is 1.52. The number of carbonyl (C=O) groups is 1. The van der Waals surface area contributed by atoms with Gasteiger partial charge in [-0.2, -0.15) is 0 Å². The lowest BCUT2D eigenvalue weighted by molar-refractivity contribution is -0.153. The summed E-state index contributed by atoms with van der Waals surface area (Å²) in [7, 11) is 0. The van der Waals surface area contributed by atoms with Crippen molar-refractivity contribution in [2.24, 2.45) is 0 Å². The van der Waals surface area contributed by atoms with E-state index >= 15 is 0 Å². The molecule has 1 aromatic rings. The SMILES string of the molecule is Cc1ccc(F)c(CNCC(=O)OC(C)(C)C)c1. The van der Waals surface area contributed by atoms with Crippen molar-refractivity contribution < 1.29 is 13.9 Å². The molecule has 0 radical (unpaired) electrons. The molecule has 0 aliphatic carbocycles. The topological polar surface area (TPSA) is 38.3 Å². The molecule has 0 aliphatic heterocycles. The van der Waals surface area contributed by atoms with Crippen molar-refractivity contribution in [2.45, 2.75) is 39.8 Å². The average molecular weight is 253 g/mol. The molecule has 100 valence electrons. The number of ether oxygens (including phenoxy) is 1. The van der Waals surface area contributed by atoms with Gasteiger partial charge in [0.15, 0.2) is 0 Å². The van der Waals surface area contributed by atoms with E-state index in [-0.39, 0.29) is 18.3 Å². The molecular formula is C14H20FNO2. The lowest BCUT2D eigenvalue weighted by atomic mass is 10.1. The number of carbonyl (C=O) groups excluding carboxylic acids is 1. The fourth-order valence-corrected chi connectivity index (χ4v) is 1.52. The molecule has 1 N–H and O–H groups in total. The van der Waals surface area contributed by atoms with Crippen LogP contribution in [0.2, 0.25) is 0 Å². The summed E-state index contributed by atoms with van der Waals surface area (Å²) in [6.45, 7) is 7.72. The third-order valence-corrected chi connectivity index (χ3v) is 2.21. The van der Waals surface area contributed by atoms with Gasteiger partial charge >= 0.3 is 5.97 Å². The minimum atomic E-state index is -0.493. The van der Waals surface area contributed by atoms with Crippen LogP contribution in [0, 0.1) is 12.7 Å². The van der Waals surface area contributed by atoms with Crippen molar-refractivity contribution >= 4 is 5.97 Å². The Hall–Kier alpha value is -1.42. The highest BCUT2D eigenvalue weighted by Gasteiger charge is 2.15. The van der Waals surface area contributed by atoms with Crippen LogP contribution in [0.1, 0.15) is 31.9 Å². The Morgan fingerprint density at radius 2 is 2.06 bits per heavy atom. The number of hydrogen-bond acceptors (Lipinski definition) is 3. The first-order valence-electron chi connectivity index (χ1n) is 5.95. The van der Waals surface area contributed by atoms with Crippen LogP contribution in [0.3, 0.4) is 0 Å². The standard InChI is InChI=1S/C14H20FNO2/c1-10-5-6-12(15)11(7-10)8-16-9-13(17)18-14(2,3)4/h5-7,16H,8-9H2,1-4H3. The molecule has 0 aliphatic rings. The Kier molecular flexibility index (Phi) is 4.84. The van der Waals surface area contributed by atoms with E-state index < -0.39 is 5.60 Å². The van der Waals surface area contributed by atoms with E-state index in [2.05, 4.69) is 5.32 Å². The Bertz CT molecular complexity index is 424. The van der Waals surface area contributed by atoms with Gasteiger partial charge in [-0.1, -0.05) is 17.7 Å². The van der Waals surface area contributed by atoms with Crippen molar-refractivity contribution in [3.8, 4) is 0 Å². The first-order valence-corrected chi connectivity index (χ1v) is 5.95. The van der Waals surface area contributed by atoms with Gasteiger partial charge in [-0.25, -0.2) is 4.39 Å². The van der Waals surface area contributed by atoms with Gasteiger partial charge in [0.1, 0.15) is 11.4 Å². The van der Waals surface area contributed by atoms with Crippen molar-refractivity contribution in [3.63, 3.8) is 0 Å². The normalized spacial score (nSPS) is 11.4. The molecule has 0 spiro atoms. The molecule has 0 unspecified atom stereocenters. The van der Waals surface area contributed by atoms with Crippen LogP contribution < -0.4 is 5.32 Å². The van der Waals surface area contributed by atoms with Crippen LogP contribution >= 0.6 is 0 Å². The predicted molar refractivity (Wildman–Crippen MR) is 68.7 cm³/mol. The van der Waals surface area contributed by atoms with E-state index in [4.69, 9.17) is 4.74 Å². The Balaban J connectivity index is 2.42. The molecule has 0 heterocycles. The zero-order valence-electron chi connectivity index (χ0n) is 11.3. The molecular weight excluding hydrogens is 233 g/mol. The predicted octanol–water partition coefficient (Wildman–Crippen LogP) is 2.57. The smallest absolute Gasteiger partial charge is 0.320 e. The maximum atomic E-state index is 13.4. The zero-order chi connectivity index (χ0) is 13.8. The highest BCUT2D eigenvalue weighted by atomic mass is 19.1. The second-order valence-corrected chi connectivity index (χ2v) is 5.28. The van der Waals surface area contributed by atoms with E-state index in [9.17, 15) is 9.18 Å². The van der Waals surface area contributed by atoms with E-state index in [0.717, 1.165) is 5.56 Å². The fraction of sp³-hybridized carbons (Fsp3) is 0.500. The maximum Gasteiger partial charge on any atom is 0.320 e. The van der Waals surface area contributed by atoms with Crippen LogP contribution in [0.4, 0.5) is 4.39 Å². The summed E-state index contributed by atoms with van der Waals surface area (Å²) in [6.07, 6.45) is 0. The van der Waals surface area contributed by atoms with Gasteiger partial charge in [-0.3, -0.25) is 4.79 Å². The summed E-state index contributed by atoms with van der Waals surface area (Å²) in [4.78, 5) is 11.4. The van der Waals surface area contributed by atoms with E-state index in [0.29, 0.717) is 12.1 Å². The molecule has 0 fully saturated rings. The number of rotatable bonds is 4. The number of aryl methyl sites for hydroxylation is 1. The van der Waals surface area contributed by atoms with Gasteiger partial charge in [0.2, 0.25) is 0 Å². The molecule has 0 aromatic heterocycles. The quantitative estimate of drug-likeness (QED) is 0.838. The van der Waals surface area contributed by atoms with Crippen molar-refractivity contribution in [2.75, 3.05) is 6.54 Å². The third kappa shape index (κ3) is 5.27. The summed E-state index contributed by atoms with van der Waals surface area (Å²) in [5, 5.41) is 2.88. The summed E-state index contributed by atoms with van der Waals surface area (Å²) >= 11 is 0. The number of halogens is 1. The molecule has 0 saturated carbocycles. The van der Waals surface area contributed by atoms with Gasteiger partial charge in [-0.05, 0) is 33.8 Å². The van der Waals surface area contributed by atoms with Crippen LogP contribution in [0.5, 0.6) is 0 Å². The summed E-state index contributed by atoms with van der Waals surface area (Å²) in [5.74, 6) is -0.604. The summed E-state index contributed by atoms with van der Waals surface area (Å²) in [6, 6.07) is 4.91. The Morgan fingerprint density at radius 1 is 1.39 bits per heavy atom. The Labute approximate surface area is 107 Å². The van der Waals surface area contributed by atoms with Crippen molar-refractivity contribution in [1.82, 2.24) is 5.32 Å². The average Bonchev–Trinajstić information content (AvgIpc) is 2.20. The van der Waals surface area contributed by atoms with Gasteiger partial charge in [0.25, 0.3) is 0 Å². The molecule has 1 rings (SSSR count). The second kappa shape index (κ2) is 5.96. The molecule has 18 heavy (non-hydrogen) atoms. The second-order valence-electron chi connectivity index (χ2n) is 5.28. The number of nitrogens with one attached hydrogen (secondary N) is 1. The molecule has 0 atom stereocenters. The first kappa shape index (κ1) is 14.6. The molecule has 4 heteroatoms. The zero-order valence-corrected chi connectivity index (χ0v) is 11.3. The van der Waals surface area contributed by atoms with E-state index in [1.807, 2.05) is 27.7 Å². The minimum Gasteiger partial charge on any atom is -0.459 e. The van der Waals surface area contributed by atoms with Crippen LogP contribution in [-0.4, -0.2) is 18.1 Å². The maximum absolute atomic E-state index is 13.4. The third-order valence-electron chi connectivity index (χ3n) is 2.21. The highest BCUT2D eigenvalue weighted by Crippen LogP contribution is 2.10. The van der Waals surface area contributed by atoms with Gasteiger partial charge < -0.3 is 10.1 Å². The number of esters is 1. The van der Waals surface area contributed by atoms with Crippen molar-refractivity contribution in [3.05, 3.63) is 35.1 Å². The summed E-state index contributed by atoms with van der Waals surface area (Å²) < 4.78 is 18.5. The van der Waals surface area contributed by atoms with Gasteiger partial charge in [0.05, 0.1) is 6.54 Å². The Morgan fingerprint density at radius 3 is 2.67 bits per heavy atom. The summed E-state index contributed by atoms with van der Waals surface area (Å²) in [5.41, 5.74) is 1.05. The van der Waals surface area contributed by atoms with Crippen LogP contribution in [0.25, 0.3) is 0 Å². The molecule has 3 nitrogen and oxygen atoms in total. The minimum absolute atomic E-state index is 0.0741. The van der Waals surface area contributed by atoms with Crippen LogP contribution in [-0.2, 0) is 16.1 Å². The van der Waals surface area contributed by atoms with Gasteiger partial charge in [-0.15, -0.1) is 0 Å². The van der Waals surface area contributed by atoms with Crippen LogP contribution in [0.15, 0.2) is 18.2 Å². The van der Waals surface area contributed by atoms with E-state index in [1.165, 1.54) is 6.07 Å². The molecule has 0 bridgehead atoms. The first-order chi connectivity index (χ1) is 8.28. The molecule has 1 aromatic carbocycles. The number of benzene rings is 1. The van der Waals surface area contributed by atoms with E-state index in [1.54, 1.807) is 12.1 Å². The lowest BCUT2D eigenvalue weighted by Gasteiger charge is -2.19. The molecule has 0 amide bonds.